The average molecular weight is 293 g/mol. The lowest BCUT2D eigenvalue weighted by atomic mass is 9.73. The molecule has 0 spiro atoms. The van der Waals surface area contributed by atoms with Gasteiger partial charge in [0, 0.05) is 11.1 Å². The van der Waals surface area contributed by atoms with E-state index >= 15 is 0 Å². The van der Waals surface area contributed by atoms with E-state index in [0.29, 0.717) is 5.92 Å². The maximum absolute atomic E-state index is 10.3. The van der Waals surface area contributed by atoms with Crippen LogP contribution in [0.1, 0.15) is 51.7 Å². The van der Waals surface area contributed by atoms with E-state index in [9.17, 15) is 5.21 Å². The Bertz CT molecular complexity index is 435. The summed E-state index contributed by atoms with van der Waals surface area (Å²) in [7, 11) is 2.77. The Kier molecular flexibility index (Phi) is 4.59. The number of piperidine rings is 1. The minimum Gasteiger partial charge on any atom is -0.313 e. The molecule has 2 nitrogen and oxygen atoms in total. The SMILES string of the molecule is CC1(C)CC(Cc2ccc(CP)cc2)CC(C)(C)N1O. The van der Waals surface area contributed by atoms with Gasteiger partial charge in [-0.1, -0.05) is 24.3 Å². The van der Waals surface area contributed by atoms with Gasteiger partial charge in [-0.15, -0.1) is 9.24 Å². The molecular formula is C17H28NOP. The highest BCUT2D eigenvalue weighted by atomic mass is 31.0. The molecule has 20 heavy (non-hydrogen) atoms. The second kappa shape index (κ2) is 5.75. The second-order valence-corrected chi connectivity index (χ2v) is 7.84. The largest absolute Gasteiger partial charge is 0.313 e. The van der Waals surface area contributed by atoms with Crippen LogP contribution >= 0.6 is 9.24 Å². The van der Waals surface area contributed by atoms with Gasteiger partial charge in [-0.2, -0.15) is 5.06 Å². The summed E-state index contributed by atoms with van der Waals surface area (Å²) in [6.07, 6.45) is 4.21. The molecule has 1 aliphatic rings. The number of benzene rings is 1. The lowest BCUT2D eigenvalue weighted by molar-refractivity contribution is -0.250. The lowest BCUT2D eigenvalue weighted by Crippen LogP contribution is -2.59. The Labute approximate surface area is 125 Å². The monoisotopic (exact) mass is 293 g/mol. The van der Waals surface area contributed by atoms with Crippen molar-refractivity contribution in [2.75, 3.05) is 0 Å². The third-order valence-electron chi connectivity index (χ3n) is 4.51. The van der Waals surface area contributed by atoms with Crippen molar-refractivity contribution in [2.24, 2.45) is 5.92 Å². The molecule has 1 aliphatic heterocycles. The molecule has 1 heterocycles. The summed E-state index contributed by atoms with van der Waals surface area (Å²) in [6, 6.07) is 8.95. The van der Waals surface area contributed by atoms with Crippen LogP contribution in [0.3, 0.4) is 0 Å². The second-order valence-electron chi connectivity index (χ2n) is 7.44. The third-order valence-corrected chi connectivity index (χ3v) is 4.98. The Balaban J connectivity index is 2.09. The van der Waals surface area contributed by atoms with Crippen molar-refractivity contribution in [1.82, 2.24) is 5.06 Å². The molecule has 2 rings (SSSR count). The van der Waals surface area contributed by atoms with Gasteiger partial charge in [0.25, 0.3) is 0 Å². The van der Waals surface area contributed by atoms with Crippen molar-refractivity contribution >= 4 is 9.24 Å². The number of hydroxylamine groups is 2. The predicted molar refractivity (Wildman–Crippen MR) is 88.1 cm³/mol. The van der Waals surface area contributed by atoms with E-state index in [1.807, 2.05) is 0 Å². The molecule has 0 amide bonds. The smallest absolute Gasteiger partial charge is 0.0413 e. The molecule has 0 aromatic heterocycles. The molecular weight excluding hydrogens is 265 g/mol. The molecule has 0 radical (unpaired) electrons. The topological polar surface area (TPSA) is 23.5 Å². The number of nitrogens with zero attached hydrogens (tertiary/aromatic N) is 1. The van der Waals surface area contributed by atoms with Crippen LogP contribution in [0.5, 0.6) is 0 Å². The first-order chi connectivity index (χ1) is 9.24. The summed E-state index contributed by atoms with van der Waals surface area (Å²) in [5, 5.41) is 11.9. The van der Waals surface area contributed by atoms with E-state index in [1.165, 1.54) is 11.1 Å². The molecule has 1 aromatic rings. The van der Waals surface area contributed by atoms with E-state index in [1.54, 1.807) is 5.06 Å². The zero-order chi connectivity index (χ0) is 15.0. The Morgan fingerprint density at radius 3 is 1.95 bits per heavy atom. The quantitative estimate of drug-likeness (QED) is 0.842. The maximum atomic E-state index is 10.3. The van der Waals surface area contributed by atoms with E-state index in [2.05, 4.69) is 61.2 Å². The van der Waals surface area contributed by atoms with E-state index in [4.69, 9.17) is 0 Å². The minimum atomic E-state index is -0.146. The highest BCUT2D eigenvalue weighted by molar-refractivity contribution is 7.15. The van der Waals surface area contributed by atoms with Crippen LogP contribution in [0.2, 0.25) is 0 Å². The first-order valence-electron chi connectivity index (χ1n) is 7.52. The van der Waals surface area contributed by atoms with Crippen molar-refractivity contribution in [1.29, 1.82) is 0 Å². The molecule has 1 N–H and O–H groups in total. The fourth-order valence-corrected chi connectivity index (χ4v) is 4.04. The van der Waals surface area contributed by atoms with E-state index < -0.39 is 0 Å². The average Bonchev–Trinajstić information content (AvgIpc) is 2.36. The van der Waals surface area contributed by atoms with Crippen molar-refractivity contribution in [3.8, 4) is 0 Å². The minimum absolute atomic E-state index is 0.146. The van der Waals surface area contributed by atoms with Crippen LogP contribution in [-0.4, -0.2) is 21.3 Å². The summed E-state index contributed by atoms with van der Waals surface area (Å²) in [5.41, 5.74) is 2.48. The number of hydrogen-bond acceptors (Lipinski definition) is 2. The highest BCUT2D eigenvalue weighted by Crippen LogP contribution is 2.41. The van der Waals surface area contributed by atoms with Crippen molar-refractivity contribution < 1.29 is 5.21 Å². The summed E-state index contributed by atoms with van der Waals surface area (Å²) in [4.78, 5) is 0. The first kappa shape index (κ1) is 15.9. The first-order valence-corrected chi connectivity index (χ1v) is 8.33. The van der Waals surface area contributed by atoms with Crippen LogP contribution in [0, 0.1) is 5.92 Å². The molecule has 112 valence electrons. The molecule has 1 saturated heterocycles. The molecule has 0 aliphatic carbocycles. The van der Waals surface area contributed by atoms with Gasteiger partial charge in [-0.3, -0.25) is 0 Å². The van der Waals surface area contributed by atoms with Gasteiger partial charge in [-0.05, 0) is 70.2 Å². The van der Waals surface area contributed by atoms with Crippen LogP contribution < -0.4 is 0 Å². The third kappa shape index (κ3) is 3.42. The van der Waals surface area contributed by atoms with Crippen molar-refractivity contribution in [3.05, 3.63) is 35.4 Å². The van der Waals surface area contributed by atoms with Crippen LogP contribution in [-0.2, 0) is 12.6 Å². The van der Waals surface area contributed by atoms with Gasteiger partial charge >= 0.3 is 0 Å². The highest BCUT2D eigenvalue weighted by Gasteiger charge is 2.44. The summed E-state index contributed by atoms with van der Waals surface area (Å²) in [6.45, 7) is 8.55. The Morgan fingerprint density at radius 2 is 1.50 bits per heavy atom. The zero-order valence-corrected chi connectivity index (χ0v) is 14.3. The van der Waals surface area contributed by atoms with Gasteiger partial charge in [-0.25, -0.2) is 0 Å². The maximum Gasteiger partial charge on any atom is 0.0413 e. The molecule has 1 unspecified atom stereocenters. The molecule has 0 saturated carbocycles. The van der Waals surface area contributed by atoms with Gasteiger partial charge in [0.2, 0.25) is 0 Å². The summed E-state index contributed by atoms with van der Waals surface area (Å²) in [5.74, 6) is 0.630. The molecule has 0 bridgehead atoms. The standard InChI is InChI=1S/C17H28NOP/c1-16(2)10-15(11-17(3,4)18(16)19)9-13-5-7-14(12-20)8-6-13/h5-8,15,19H,9-12,20H2,1-4H3. The Morgan fingerprint density at radius 1 is 1.05 bits per heavy atom. The molecule has 1 fully saturated rings. The van der Waals surface area contributed by atoms with E-state index in [0.717, 1.165) is 25.4 Å². The van der Waals surface area contributed by atoms with Gasteiger partial charge in [0.1, 0.15) is 0 Å². The van der Waals surface area contributed by atoms with Gasteiger partial charge in [0.05, 0.1) is 0 Å². The van der Waals surface area contributed by atoms with Crippen LogP contribution in [0.25, 0.3) is 0 Å². The fraction of sp³-hybridized carbons (Fsp3) is 0.647. The zero-order valence-electron chi connectivity index (χ0n) is 13.2. The van der Waals surface area contributed by atoms with Gasteiger partial charge in [0.15, 0.2) is 0 Å². The molecule has 1 atom stereocenters. The van der Waals surface area contributed by atoms with E-state index in [-0.39, 0.29) is 11.1 Å². The normalized spacial score (nSPS) is 22.9. The number of rotatable bonds is 3. The van der Waals surface area contributed by atoms with Crippen molar-refractivity contribution in [2.45, 2.75) is 64.2 Å². The summed E-state index contributed by atoms with van der Waals surface area (Å²) >= 11 is 0. The Hall–Kier alpha value is -0.430. The van der Waals surface area contributed by atoms with Crippen molar-refractivity contribution in [3.63, 3.8) is 0 Å². The molecule has 3 heteroatoms. The summed E-state index contributed by atoms with van der Waals surface area (Å²) < 4.78 is 0. The fourth-order valence-electron chi connectivity index (χ4n) is 3.77. The predicted octanol–water partition coefficient (Wildman–Crippen LogP) is 4.26. The van der Waals surface area contributed by atoms with Gasteiger partial charge < -0.3 is 5.21 Å². The lowest BCUT2D eigenvalue weighted by Gasteiger charge is -2.51. The molecule has 1 aromatic carbocycles. The van der Waals surface area contributed by atoms with Crippen LogP contribution in [0.15, 0.2) is 24.3 Å². The number of hydrogen-bond donors (Lipinski definition) is 1. The van der Waals surface area contributed by atoms with Crippen LogP contribution in [0.4, 0.5) is 0 Å².